The van der Waals surface area contributed by atoms with E-state index in [9.17, 15) is 5.11 Å². The number of aliphatic hydroxyl groups excluding tert-OH is 1. The van der Waals surface area contributed by atoms with Crippen LogP contribution in [0.4, 0.5) is 0 Å². The monoisotopic (exact) mass is 206 g/mol. The fourth-order valence-electron chi connectivity index (χ4n) is 2.01. The summed E-state index contributed by atoms with van der Waals surface area (Å²) in [6.45, 7) is 0.316. The van der Waals surface area contributed by atoms with Crippen LogP contribution in [0.1, 0.15) is 18.4 Å². The Balaban J connectivity index is 1.96. The van der Waals surface area contributed by atoms with Gasteiger partial charge in [-0.1, -0.05) is 12.1 Å². The molecule has 1 aliphatic carbocycles. The molecule has 1 aromatic carbocycles. The molecule has 0 saturated heterocycles. The number of aliphatic hydroxyl groups is 1. The highest BCUT2D eigenvalue weighted by molar-refractivity contribution is 5.27. The molecular formula is C13H18O2. The van der Waals surface area contributed by atoms with E-state index >= 15 is 0 Å². The van der Waals surface area contributed by atoms with Crippen molar-refractivity contribution in [2.75, 3.05) is 13.7 Å². The first kappa shape index (κ1) is 10.5. The Labute approximate surface area is 90.9 Å². The SMILES string of the molecule is COc1ccc(CC(CO)C2CC2)cc1. The van der Waals surface area contributed by atoms with Crippen LogP contribution in [0.3, 0.4) is 0 Å². The van der Waals surface area contributed by atoms with Crippen molar-refractivity contribution in [3.63, 3.8) is 0 Å². The van der Waals surface area contributed by atoms with E-state index in [4.69, 9.17) is 4.74 Å². The van der Waals surface area contributed by atoms with Gasteiger partial charge >= 0.3 is 0 Å². The number of hydrogen-bond acceptors (Lipinski definition) is 2. The van der Waals surface area contributed by atoms with Crippen molar-refractivity contribution in [2.45, 2.75) is 19.3 Å². The standard InChI is InChI=1S/C13H18O2/c1-15-13-6-2-10(3-7-13)8-12(9-14)11-4-5-11/h2-3,6-7,11-12,14H,4-5,8-9H2,1H3. The van der Waals surface area contributed by atoms with E-state index in [1.54, 1.807) is 7.11 Å². The summed E-state index contributed by atoms with van der Waals surface area (Å²) in [6.07, 6.45) is 3.58. The lowest BCUT2D eigenvalue weighted by Gasteiger charge is -2.13. The molecule has 0 heterocycles. The minimum atomic E-state index is 0.316. The van der Waals surface area contributed by atoms with Crippen molar-refractivity contribution in [1.29, 1.82) is 0 Å². The van der Waals surface area contributed by atoms with Crippen LogP contribution in [0.25, 0.3) is 0 Å². The van der Waals surface area contributed by atoms with Crippen LogP contribution in [-0.4, -0.2) is 18.8 Å². The van der Waals surface area contributed by atoms with Gasteiger partial charge in [0, 0.05) is 6.61 Å². The quantitative estimate of drug-likeness (QED) is 0.800. The van der Waals surface area contributed by atoms with Gasteiger partial charge < -0.3 is 9.84 Å². The highest BCUT2D eigenvalue weighted by Crippen LogP contribution is 2.38. The van der Waals surface area contributed by atoms with Crippen molar-refractivity contribution in [3.8, 4) is 5.75 Å². The third kappa shape index (κ3) is 2.72. The number of benzene rings is 1. The van der Waals surface area contributed by atoms with Crippen LogP contribution in [0, 0.1) is 11.8 Å². The fraction of sp³-hybridized carbons (Fsp3) is 0.538. The van der Waals surface area contributed by atoms with Gasteiger partial charge in [-0.05, 0) is 48.8 Å². The highest BCUT2D eigenvalue weighted by atomic mass is 16.5. The number of ether oxygens (including phenoxy) is 1. The molecule has 1 aromatic rings. The van der Waals surface area contributed by atoms with Crippen LogP contribution in [0.2, 0.25) is 0 Å². The maximum atomic E-state index is 9.27. The van der Waals surface area contributed by atoms with E-state index in [1.165, 1.54) is 18.4 Å². The van der Waals surface area contributed by atoms with E-state index in [0.717, 1.165) is 18.1 Å². The lowest BCUT2D eigenvalue weighted by molar-refractivity contribution is 0.209. The molecule has 1 fully saturated rings. The molecule has 1 saturated carbocycles. The zero-order valence-corrected chi connectivity index (χ0v) is 9.15. The van der Waals surface area contributed by atoms with Crippen LogP contribution in [-0.2, 0) is 6.42 Å². The third-order valence-electron chi connectivity index (χ3n) is 3.18. The molecule has 15 heavy (non-hydrogen) atoms. The molecule has 0 aromatic heterocycles. The predicted octanol–water partition coefficient (Wildman–Crippen LogP) is 2.26. The second-order valence-electron chi connectivity index (χ2n) is 4.33. The molecule has 0 bridgehead atoms. The van der Waals surface area contributed by atoms with Crippen LogP contribution in [0.15, 0.2) is 24.3 Å². The number of hydrogen-bond donors (Lipinski definition) is 1. The summed E-state index contributed by atoms with van der Waals surface area (Å²) in [5.41, 5.74) is 1.29. The molecule has 1 N–H and O–H groups in total. The molecule has 2 rings (SSSR count). The maximum absolute atomic E-state index is 9.27. The number of methoxy groups -OCH3 is 1. The van der Waals surface area contributed by atoms with Gasteiger partial charge in [0.15, 0.2) is 0 Å². The second kappa shape index (κ2) is 4.67. The molecule has 0 aliphatic heterocycles. The largest absolute Gasteiger partial charge is 0.497 e. The predicted molar refractivity (Wildman–Crippen MR) is 60.0 cm³/mol. The first-order valence-corrected chi connectivity index (χ1v) is 5.57. The Kier molecular flexibility index (Phi) is 3.27. The van der Waals surface area contributed by atoms with Gasteiger partial charge in [0.25, 0.3) is 0 Å². The average Bonchev–Trinajstić information content (AvgIpc) is 3.10. The molecule has 2 nitrogen and oxygen atoms in total. The van der Waals surface area contributed by atoms with Crippen LogP contribution in [0.5, 0.6) is 5.75 Å². The van der Waals surface area contributed by atoms with Crippen molar-refractivity contribution in [2.24, 2.45) is 11.8 Å². The van der Waals surface area contributed by atoms with Crippen molar-refractivity contribution in [1.82, 2.24) is 0 Å². The molecule has 0 spiro atoms. The Morgan fingerprint density at radius 2 is 2.00 bits per heavy atom. The lowest BCUT2D eigenvalue weighted by atomic mass is 9.96. The zero-order valence-electron chi connectivity index (χ0n) is 9.15. The molecule has 0 amide bonds. The topological polar surface area (TPSA) is 29.5 Å². The first-order chi connectivity index (χ1) is 7.33. The third-order valence-corrected chi connectivity index (χ3v) is 3.18. The molecule has 2 heteroatoms. The molecule has 1 unspecified atom stereocenters. The minimum absolute atomic E-state index is 0.316. The normalized spacial score (nSPS) is 17.5. The lowest BCUT2D eigenvalue weighted by Crippen LogP contribution is -2.11. The Morgan fingerprint density at radius 3 is 2.47 bits per heavy atom. The molecule has 1 aliphatic rings. The smallest absolute Gasteiger partial charge is 0.118 e. The van der Waals surface area contributed by atoms with Gasteiger partial charge in [0.05, 0.1) is 7.11 Å². The zero-order chi connectivity index (χ0) is 10.7. The Bertz CT molecular complexity index is 301. The molecule has 0 radical (unpaired) electrons. The Hall–Kier alpha value is -1.02. The summed E-state index contributed by atoms with van der Waals surface area (Å²) in [4.78, 5) is 0. The highest BCUT2D eigenvalue weighted by Gasteiger charge is 2.30. The van der Waals surface area contributed by atoms with Gasteiger partial charge in [0.2, 0.25) is 0 Å². The van der Waals surface area contributed by atoms with E-state index in [1.807, 2.05) is 12.1 Å². The van der Waals surface area contributed by atoms with Crippen molar-refractivity contribution < 1.29 is 9.84 Å². The Morgan fingerprint density at radius 1 is 1.33 bits per heavy atom. The van der Waals surface area contributed by atoms with Gasteiger partial charge in [-0.15, -0.1) is 0 Å². The van der Waals surface area contributed by atoms with Crippen molar-refractivity contribution in [3.05, 3.63) is 29.8 Å². The van der Waals surface area contributed by atoms with Gasteiger partial charge in [-0.2, -0.15) is 0 Å². The second-order valence-corrected chi connectivity index (χ2v) is 4.33. The molecule has 82 valence electrons. The summed E-state index contributed by atoms with van der Waals surface area (Å²) in [7, 11) is 1.68. The van der Waals surface area contributed by atoms with E-state index in [2.05, 4.69) is 12.1 Å². The van der Waals surface area contributed by atoms with E-state index in [-0.39, 0.29) is 0 Å². The fourth-order valence-corrected chi connectivity index (χ4v) is 2.01. The average molecular weight is 206 g/mol. The minimum Gasteiger partial charge on any atom is -0.497 e. The summed E-state index contributed by atoms with van der Waals surface area (Å²) in [6, 6.07) is 8.14. The van der Waals surface area contributed by atoms with E-state index < -0.39 is 0 Å². The summed E-state index contributed by atoms with van der Waals surface area (Å²) in [5, 5.41) is 9.27. The van der Waals surface area contributed by atoms with Gasteiger partial charge in [-0.25, -0.2) is 0 Å². The van der Waals surface area contributed by atoms with Gasteiger partial charge in [-0.3, -0.25) is 0 Å². The summed E-state index contributed by atoms with van der Waals surface area (Å²) < 4.78 is 5.11. The van der Waals surface area contributed by atoms with Gasteiger partial charge in [0.1, 0.15) is 5.75 Å². The summed E-state index contributed by atoms with van der Waals surface area (Å²) in [5.74, 6) is 2.11. The van der Waals surface area contributed by atoms with Crippen LogP contribution < -0.4 is 4.74 Å². The number of rotatable bonds is 5. The van der Waals surface area contributed by atoms with Crippen molar-refractivity contribution >= 4 is 0 Å². The molecule has 1 atom stereocenters. The maximum Gasteiger partial charge on any atom is 0.118 e. The first-order valence-electron chi connectivity index (χ1n) is 5.57. The molecular weight excluding hydrogens is 188 g/mol. The van der Waals surface area contributed by atoms with E-state index in [0.29, 0.717) is 12.5 Å². The summed E-state index contributed by atoms with van der Waals surface area (Å²) >= 11 is 0. The van der Waals surface area contributed by atoms with Crippen LogP contribution >= 0.6 is 0 Å².